The largest absolute Gasteiger partial charge is 0.472 e. The van der Waals surface area contributed by atoms with E-state index in [0.29, 0.717) is 32.1 Å². The molecule has 2 unspecified atom stereocenters. The van der Waals surface area contributed by atoms with E-state index in [4.69, 9.17) is 37.0 Å². The predicted molar refractivity (Wildman–Crippen MR) is 418 cm³/mol. The molecular weight excluding hydrogens is 1330 g/mol. The number of aliphatic hydroxyl groups is 1. The number of carbonyl (C=O) groups is 4. The Balaban J connectivity index is 5.36. The van der Waals surface area contributed by atoms with Crippen LogP contribution in [0.1, 0.15) is 387 Å². The van der Waals surface area contributed by atoms with Crippen molar-refractivity contribution in [3.63, 3.8) is 0 Å². The third-order valence-electron chi connectivity index (χ3n) is 18.0. The standard InChI is InChI=1S/C83H152O17P2/c1-5-9-13-17-21-25-29-33-36-38-41-44-48-52-56-60-64-68-81(86)94-74-79(99-82(87)69-65-61-57-53-49-45-40-35-31-27-23-19-15-11-7-3)76-98-102(91,92)96-72-77(84)71-95-101(89,90)97-75-78(73-93-80(85)67-63-59-55-51-47-43-32-28-24-20-16-12-8-4)100-83(88)70-66-62-58-54-50-46-42-39-37-34-30-26-22-18-14-10-6-2/h22,26,34-35,37,40,42,46,54,58,77-79,84H,5-21,23-25,27-33,36,38-39,41,43-45,47-53,55-57,59-76H2,1-4H3,(H,89,90)(H,91,92)/b26-22-,37-34-,40-35-,46-42-,58-54-/t77-,78+,79+/m0/s1. The number of phosphoric acid groups is 2. The number of unbranched alkanes of at least 4 members (excludes halogenated alkanes) is 43. The monoisotopic (exact) mass is 1480 g/mol. The molecule has 5 atom stereocenters. The Morgan fingerprint density at radius 1 is 0.275 bits per heavy atom. The van der Waals surface area contributed by atoms with Gasteiger partial charge < -0.3 is 33.8 Å². The molecule has 0 aliphatic carbocycles. The minimum Gasteiger partial charge on any atom is -0.462 e. The number of phosphoric ester groups is 2. The molecule has 0 aromatic heterocycles. The summed E-state index contributed by atoms with van der Waals surface area (Å²) in [6, 6.07) is 0. The van der Waals surface area contributed by atoms with E-state index in [1.807, 2.05) is 12.2 Å². The molecule has 0 bridgehead atoms. The molecule has 0 aliphatic heterocycles. The minimum absolute atomic E-state index is 0.0242. The molecule has 0 heterocycles. The van der Waals surface area contributed by atoms with Crippen molar-refractivity contribution in [2.45, 2.75) is 406 Å². The van der Waals surface area contributed by atoms with Crippen molar-refractivity contribution in [1.82, 2.24) is 0 Å². The summed E-state index contributed by atoms with van der Waals surface area (Å²) in [7, 11) is -9.96. The number of esters is 4. The Morgan fingerprint density at radius 3 is 0.804 bits per heavy atom. The zero-order chi connectivity index (χ0) is 74.6. The lowest BCUT2D eigenvalue weighted by atomic mass is 10.0. The van der Waals surface area contributed by atoms with Crippen molar-refractivity contribution >= 4 is 39.5 Å². The average molecular weight is 1480 g/mol. The second-order valence-corrected chi connectivity index (χ2v) is 31.0. The number of carbonyl (C=O) groups excluding carboxylic acids is 4. The topological polar surface area (TPSA) is 237 Å². The van der Waals surface area contributed by atoms with Gasteiger partial charge in [-0.2, -0.15) is 0 Å². The van der Waals surface area contributed by atoms with Gasteiger partial charge in [-0.05, 0) is 89.9 Å². The summed E-state index contributed by atoms with van der Waals surface area (Å²) >= 11 is 0. The molecule has 0 aromatic carbocycles. The molecule has 596 valence electrons. The molecule has 0 saturated heterocycles. The highest BCUT2D eigenvalue weighted by molar-refractivity contribution is 7.47. The Hall–Kier alpha value is -3.24. The summed E-state index contributed by atoms with van der Waals surface area (Å²) in [5, 5.41) is 10.6. The summed E-state index contributed by atoms with van der Waals surface area (Å²) < 4.78 is 68.6. The second kappa shape index (κ2) is 76.0. The first-order chi connectivity index (χ1) is 49.7. The minimum atomic E-state index is -4.98. The Bertz CT molecular complexity index is 2170. The summed E-state index contributed by atoms with van der Waals surface area (Å²) in [4.78, 5) is 73.0. The SMILES string of the molecule is CCCCC/C=C\C/C=C\C/C=C\C/C=C\CCCC(=O)O[C@H](COC(=O)CCCCCCCCCCCCCCC)COP(=O)(O)OC[C@H](O)COP(=O)(O)OC[C@@H](COC(=O)CCCCCCCCCCCCCCCCCCC)OC(=O)CCCCCCC/C=C\CCCCCCCC. The van der Waals surface area contributed by atoms with Crippen LogP contribution >= 0.6 is 15.6 Å². The van der Waals surface area contributed by atoms with Crippen molar-refractivity contribution in [1.29, 1.82) is 0 Å². The fourth-order valence-corrected chi connectivity index (χ4v) is 13.2. The van der Waals surface area contributed by atoms with E-state index in [9.17, 15) is 43.2 Å². The molecule has 0 aliphatic rings. The van der Waals surface area contributed by atoms with Crippen molar-refractivity contribution in [2.75, 3.05) is 39.6 Å². The zero-order valence-electron chi connectivity index (χ0n) is 65.3. The Kier molecular flexibility index (Phi) is 73.6. The van der Waals surface area contributed by atoms with Crippen LogP contribution in [-0.2, 0) is 65.4 Å². The molecule has 0 aromatic rings. The van der Waals surface area contributed by atoms with E-state index in [-0.39, 0.29) is 25.7 Å². The van der Waals surface area contributed by atoms with E-state index < -0.39 is 97.5 Å². The zero-order valence-corrected chi connectivity index (χ0v) is 67.1. The van der Waals surface area contributed by atoms with E-state index in [0.717, 1.165) is 103 Å². The average Bonchev–Trinajstić information content (AvgIpc) is 0.922. The Morgan fingerprint density at radius 2 is 0.490 bits per heavy atom. The fourth-order valence-electron chi connectivity index (χ4n) is 11.6. The van der Waals surface area contributed by atoms with Crippen LogP contribution in [0.25, 0.3) is 0 Å². The molecular formula is C83H152O17P2. The van der Waals surface area contributed by atoms with E-state index in [2.05, 4.69) is 76.3 Å². The van der Waals surface area contributed by atoms with E-state index in [1.54, 1.807) is 0 Å². The normalized spacial score (nSPS) is 14.1. The maximum atomic E-state index is 13.1. The molecule has 0 saturated carbocycles. The van der Waals surface area contributed by atoms with Crippen LogP contribution < -0.4 is 0 Å². The maximum absolute atomic E-state index is 13.1. The molecule has 0 rings (SSSR count). The van der Waals surface area contributed by atoms with Gasteiger partial charge in [-0.15, -0.1) is 0 Å². The third-order valence-corrected chi connectivity index (χ3v) is 19.9. The first-order valence-electron chi connectivity index (χ1n) is 41.5. The van der Waals surface area contributed by atoms with Gasteiger partial charge in [0.15, 0.2) is 12.2 Å². The van der Waals surface area contributed by atoms with Gasteiger partial charge >= 0.3 is 39.5 Å². The van der Waals surface area contributed by atoms with Crippen LogP contribution in [0.4, 0.5) is 0 Å². The lowest BCUT2D eigenvalue weighted by Crippen LogP contribution is -2.30. The van der Waals surface area contributed by atoms with Crippen LogP contribution in [0.15, 0.2) is 60.8 Å². The highest BCUT2D eigenvalue weighted by Gasteiger charge is 2.30. The van der Waals surface area contributed by atoms with Crippen LogP contribution in [0.3, 0.4) is 0 Å². The molecule has 0 fully saturated rings. The maximum Gasteiger partial charge on any atom is 0.472 e. The van der Waals surface area contributed by atoms with Crippen molar-refractivity contribution in [3.8, 4) is 0 Å². The number of rotatable bonds is 79. The van der Waals surface area contributed by atoms with Crippen molar-refractivity contribution in [3.05, 3.63) is 60.8 Å². The molecule has 0 spiro atoms. The van der Waals surface area contributed by atoms with E-state index >= 15 is 0 Å². The smallest absolute Gasteiger partial charge is 0.462 e. The van der Waals surface area contributed by atoms with Crippen LogP contribution in [0.2, 0.25) is 0 Å². The molecule has 0 radical (unpaired) electrons. The second-order valence-electron chi connectivity index (χ2n) is 28.1. The van der Waals surface area contributed by atoms with Gasteiger partial charge in [0.05, 0.1) is 26.4 Å². The van der Waals surface area contributed by atoms with Gasteiger partial charge in [-0.1, -0.05) is 332 Å². The van der Waals surface area contributed by atoms with Gasteiger partial charge in [0.1, 0.15) is 19.3 Å². The number of hydrogen-bond acceptors (Lipinski definition) is 15. The van der Waals surface area contributed by atoms with Gasteiger partial charge in [0, 0.05) is 25.7 Å². The molecule has 0 amide bonds. The quantitative estimate of drug-likeness (QED) is 0.0169. The number of aliphatic hydroxyl groups excluding tert-OH is 1. The third kappa shape index (κ3) is 75.0. The first kappa shape index (κ1) is 98.8. The molecule has 19 heteroatoms. The molecule has 102 heavy (non-hydrogen) atoms. The van der Waals surface area contributed by atoms with Gasteiger partial charge in [-0.3, -0.25) is 37.3 Å². The lowest BCUT2D eigenvalue weighted by Gasteiger charge is -2.21. The van der Waals surface area contributed by atoms with Crippen molar-refractivity contribution < 1.29 is 80.2 Å². The van der Waals surface area contributed by atoms with Gasteiger partial charge in [0.25, 0.3) is 0 Å². The van der Waals surface area contributed by atoms with Gasteiger partial charge in [0.2, 0.25) is 0 Å². The van der Waals surface area contributed by atoms with Gasteiger partial charge in [-0.25, -0.2) is 9.13 Å². The Labute approximate surface area is 622 Å². The highest BCUT2D eigenvalue weighted by Crippen LogP contribution is 2.45. The summed E-state index contributed by atoms with van der Waals surface area (Å²) in [6.07, 6.45) is 76.3. The molecule has 3 N–H and O–H groups in total. The highest BCUT2D eigenvalue weighted by atomic mass is 31.2. The van der Waals surface area contributed by atoms with Crippen LogP contribution in [-0.4, -0.2) is 96.7 Å². The van der Waals surface area contributed by atoms with Crippen molar-refractivity contribution in [2.24, 2.45) is 0 Å². The molecule has 17 nitrogen and oxygen atoms in total. The summed E-state index contributed by atoms with van der Waals surface area (Å²) in [5.74, 6) is -2.21. The number of hydrogen-bond donors (Lipinski definition) is 3. The summed E-state index contributed by atoms with van der Waals surface area (Å²) in [5.41, 5.74) is 0. The van der Waals surface area contributed by atoms with E-state index in [1.165, 1.54) is 199 Å². The summed E-state index contributed by atoms with van der Waals surface area (Å²) in [6.45, 7) is 4.86. The van der Waals surface area contributed by atoms with Crippen LogP contribution in [0.5, 0.6) is 0 Å². The van der Waals surface area contributed by atoms with Crippen LogP contribution in [0, 0.1) is 0 Å². The predicted octanol–water partition coefficient (Wildman–Crippen LogP) is 24.2. The lowest BCUT2D eigenvalue weighted by molar-refractivity contribution is -0.161. The first-order valence-corrected chi connectivity index (χ1v) is 44.5. The number of allylic oxidation sites excluding steroid dienone is 10. The number of ether oxygens (including phenoxy) is 4. The fraction of sp³-hybridized carbons (Fsp3) is 0.831.